The van der Waals surface area contributed by atoms with Crippen molar-refractivity contribution in [1.82, 2.24) is 35.3 Å². The average molecular weight is 1410 g/mol. The Morgan fingerprint density at radius 1 is 0.891 bits per heavy atom. The van der Waals surface area contributed by atoms with Crippen LogP contribution >= 0.6 is 11.8 Å². The zero-order valence-electron chi connectivity index (χ0n) is 58.6. The summed E-state index contributed by atoms with van der Waals surface area (Å²) in [5.41, 5.74) is -12.1. The number of aliphatic hydroxyl groups excluding tert-OH is 2. The lowest BCUT2D eigenvalue weighted by molar-refractivity contribution is -0.349. The number of ether oxygens (including phenoxy) is 6. The number of nitrogens with zero attached hydrogens (tertiary/aromatic N) is 6. The molecule has 11 rings (SSSR count). The largest absolute Gasteiger partial charge is 0.508 e. The van der Waals surface area contributed by atoms with Gasteiger partial charge in [0, 0.05) is 70.4 Å². The number of phenols is 2. The molecule has 2 saturated heterocycles. The topological polar surface area (TPSA) is 367 Å². The van der Waals surface area contributed by atoms with E-state index in [1.54, 1.807) is 119 Å². The van der Waals surface area contributed by atoms with Crippen LogP contribution in [0.3, 0.4) is 0 Å². The van der Waals surface area contributed by atoms with Crippen LogP contribution < -0.4 is 15.5 Å². The lowest BCUT2D eigenvalue weighted by Gasteiger charge is -2.67. The number of aromatic hydroxyl groups is 2. The SMILES string of the molecule is CCNC(=O)c1nnc(-c2cc(C(C)C)c(O)cc2O)n1-c1ccc(N(C)C2CCN(C(=O)CSCC(=O)O[C@@H](C(=O)O[C@H]3C[C@]4(O)C(C)(C)C(=C3C)[C@@H](O)C(=O)[C@]3(C)[C@@H](O)C[C@H]5OC[C@@]5(OC(C)=O)[C@]35C[C@]54OC(=O)c3ccccc3)[C@@H](NC(=O)OC(C)(C)C)c3ccccc3)CC2)nc1. The van der Waals surface area contributed by atoms with Crippen molar-refractivity contribution in [2.24, 2.45) is 16.2 Å². The molecule has 3 saturated carbocycles. The van der Waals surface area contributed by atoms with E-state index in [0.717, 1.165) is 18.7 Å². The van der Waals surface area contributed by atoms with E-state index >= 15 is 9.59 Å². The molecular weight excluding hydrogens is 1320 g/mol. The van der Waals surface area contributed by atoms with Gasteiger partial charge in [-0.1, -0.05) is 76.2 Å². The zero-order chi connectivity index (χ0) is 73.3. The number of rotatable bonds is 20. The maximum Gasteiger partial charge on any atom is 0.408 e. The number of Topliss-reactive ketones (excluding diaryl/α,β-unsaturated/α-hetero) is 1. The van der Waals surface area contributed by atoms with Crippen molar-refractivity contribution in [3.8, 4) is 28.6 Å². The molecule has 4 heterocycles. The first-order valence-electron chi connectivity index (χ1n) is 33.8. The van der Waals surface area contributed by atoms with Crippen molar-refractivity contribution in [3.63, 3.8) is 0 Å². The smallest absolute Gasteiger partial charge is 0.408 e. The van der Waals surface area contributed by atoms with Gasteiger partial charge in [-0.3, -0.25) is 28.5 Å². The quantitative estimate of drug-likeness (QED) is 0.0241. The maximum absolute atomic E-state index is 15.7. The van der Waals surface area contributed by atoms with Crippen LogP contribution in [0, 0.1) is 16.2 Å². The Bertz CT molecular complexity index is 4100. The summed E-state index contributed by atoms with van der Waals surface area (Å²) in [5.74, 6) is -6.23. The van der Waals surface area contributed by atoms with Gasteiger partial charge in [0.1, 0.15) is 52.9 Å². The number of nitrogens with one attached hydrogen (secondary N) is 2. The van der Waals surface area contributed by atoms with Gasteiger partial charge in [0.25, 0.3) is 5.91 Å². The molecule has 0 radical (unpaired) electrons. The number of benzene rings is 3. The highest BCUT2D eigenvalue weighted by Gasteiger charge is 2.99. The van der Waals surface area contributed by atoms with Gasteiger partial charge in [-0.25, -0.2) is 19.4 Å². The number of phenolic OH excluding ortho intramolecular Hbond substituents is 2. The van der Waals surface area contributed by atoms with Gasteiger partial charge in [-0.05, 0) is 113 Å². The van der Waals surface area contributed by atoms with E-state index in [-0.39, 0.29) is 87.6 Å². The Morgan fingerprint density at radius 3 is 2.17 bits per heavy atom. The average Bonchev–Trinajstić information content (AvgIpc) is 1.43. The number of hydrogen-bond acceptors (Lipinski definition) is 24. The van der Waals surface area contributed by atoms with Gasteiger partial charge in [-0.15, -0.1) is 22.0 Å². The molecule has 6 aliphatic rings. The first-order chi connectivity index (χ1) is 47.6. The summed E-state index contributed by atoms with van der Waals surface area (Å²) < 4.78 is 38.7. The van der Waals surface area contributed by atoms with Crippen molar-refractivity contribution < 1.29 is 92.3 Å². The highest BCUT2D eigenvalue weighted by atomic mass is 32.2. The maximum atomic E-state index is 15.7. The summed E-state index contributed by atoms with van der Waals surface area (Å²) in [5, 5.41) is 74.9. The highest BCUT2D eigenvalue weighted by Crippen LogP contribution is 2.85. The highest BCUT2D eigenvalue weighted by molar-refractivity contribution is 8.00. The minimum absolute atomic E-state index is 0.0413. The number of likely N-dealkylation sites (tertiary alicyclic amines) is 1. The second-order valence-electron chi connectivity index (χ2n) is 29.0. The minimum atomic E-state index is -2.50. The van der Waals surface area contributed by atoms with E-state index in [1.807, 2.05) is 25.8 Å². The van der Waals surface area contributed by atoms with Crippen molar-refractivity contribution in [2.45, 2.75) is 179 Å². The van der Waals surface area contributed by atoms with Gasteiger partial charge in [0.15, 0.2) is 22.8 Å². The van der Waals surface area contributed by atoms with E-state index in [4.69, 9.17) is 33.4 Å². The molecule has 4 aliphatic carbocycles. The van der Waals surface area contributed by atoms with E-state index < -0.39 is 135 Å². The van der Waals surface area contributed by atoms with Crippen LogP contribution in [0.25, 0.3) is 17.1 Å². The number of anilines is 1. The van der Waals surface area contributed by atoms with Crippen molar-refractivity contribution >= 4 is 65.1 Å². The van der Waals surface area contributed by atoms with Gasteiger partial charge in [-0.2, -0.15) is 0 Å². The molecule has 3 amide bonds. The van der Waals surface area contributed by atoms with Crippen molar-refractivity contribution in [1.29, 1.82) is 0 Å². The lowest BCUT2D eigenvalue weighted by Crippen LogP contribution is -2.82. The molecule has 2 aliphatic heterocycles. The second-order valence-corrected chi connectivity index (χ2v) is 30.0. The number of carbonyl (C=O) groups is 8. The summed E-state index contributed by atoms with van der Waals surface area (Å²) in [6.07, 6.45) is -8.16. The summed E-state index contributed by atoms with van der Waals surface area (Å²) in [4.78, 5) is 123. The molecule has 2 bridgehead atoms. The van der Waals surface area contributed by atoms with E-state index in [0.29, 0.717) is 49.5 Å². The van der Waals surface area contributed by atoms with Crippen molar-refractivity contribution in [2.75, 3.05) is 49.7 Å². The molecule has 0 unspecified atom stereocenters. The standard InChI is InChI=1S/C73H88N8O19S/c1-13-74-63(90)62-78-77-61(47-30-46(39(2)3)48(83)31-49(47)84)81(62)45-24-25-53(75-34-45)79(12)44-26-28-80(29-27-44)54(86)35-101-36-55(87)97-59(57(42-20-16-14-17-21-42)76-66(93)100-67(6,7)8)65(92)96-50-33-72(94)68(9,10)56(40(50)4)58(88)60(89)69(11)51(85)32-52-70(38-95-52,98-41(5)82)71(69)37-73(71,72)99-64(91)43-22-18-15-19-23-43/h14-25,30-31,34,39,44,50-52,57-59,83-85,88,94H,13,26-29,32-33,35-38H2,1-12H3,(H,74,90)(H,76,93)/t50-,51-,52+,57-,58+,59+,69-,70-,71-,72-,73-/m0/s1. The molecule has 5 aromatic rings. The molecule has 5 fully saturated rings. The number of piperidine rings is 1. The third-order valence-corrected chi connectivity index (χ3v) is 22.4. The van der Waals surface area contributed by atoms with Gasteiger partial charge < -0.3 is 74.4 Å². The third-order valence-electron chi connectivity index (χ3n) is 21.5. The Labute approximate surface area is 588 Å². The molecule has 101 heavy (non-hydrogen) atoms. The summed E-state index contributed by atoms with van der Waals surface area (Å²) in [6.45, 7) is 18.2. The number of thioether (sulfide) groups is 1. The van der Waals surface area contributed by atoms with Gasteiger partial charge >= 0.3 is 30.0 Å². The number of aromatic nitrogens is 4. The fourth-order valence-electron chi connectivity index (χ4n) is 16.4. The number of esters is 4. The van der Waals surface area contributed by atoms with E-state index in [1.165, 1.54) is 36.6 Å². The molecule has 2 aromatic heterocycles. The molecule has 11 atom stereocenters. The predicted octanol–water partition coefficient (Wildman–Crippen LogP) is 6.74. The predicted molar refractivity (Wildman–Crippen MR) is 365 cm³/mol. The van der Waals surface area contributed by atoms with Crippen LogP contribution in [0.4, 0.5) is 10.6 Å². The fourth-order valence-corrected chi connectivity index (χ4v) is 17.0. The first kappa shape index (κ1) is 73.3. The number of carbonyl (C=O) groups excluding carboxylic acids is 8. The second kappa shape index (κ2) is 27.4. The molecule has 540 valence electrons. The molecule has 27 nitrogen and oxygen atoms in total. The third kappa shape index (κ3) is 12.5. The number of amides is 3. The Kier molecular flexibility index (Phi) is 19.9. The molecular formula is C73H88N8O19S. The van der Waals surface area contributed by atoms with Crippen molar-refractivity contribution in [3.05, 3.63) is 125 Å². The minimum Gasteiger partial charge on any atom is -0.508 e. The van der Waals surface area contributed by atoms with E-state index in [2.05, 4.69) is 20.8 Å². The van der Waals surface area contributed by atoms with Crippen LogP contribution in [0.15, 0.2) is 102 Å². The number of ketones is 1. The molecule has 7 N–H and O–H groups in total. The number of aliphatic hydroxyl groups is 3. The Balaban J connectivity index is 0.828. The van der Waals surface area contributed by atoms with Crippen LogP contribution in [-0.4, -0.2) is 202 Å². The Morgan fingerprint density at radius 2 is 1.56 bits per heavy atom. The lowest BCUT2D eigenvalue weighted by atomic mass is 9.44. The normalized spacial score (nSPS) is 27.1. The zero-order valence-corrected chi connectivity index (χ0v) is 59.4. The summed E-state index contributed by atoms with van der Waals surface area (Å²) in [7, 11) is 1.88. The van der Waals surface area contributed by atoms with Crippen LogP contribution in [0.1, 0.15) is 152 Å². The number of pyridine rings is 1. The summed E-state index contributed by atoms with van der Waals surface area (Å²) >= 11 is 0.922. The molecule has 3 aromatic carbocycles. The molecule has 28 heteroatoms. The van der Waals surface area contributed by atoms with Gasteiger partial charge in [0.2, 0.25) is 17.8 Å². The number of hydrogen-bond donors (Lipinski definition) is 7. The van der Waals surface area contributed by atoms with Crippen LogP contribution in [0.5, 0.6) is 11.5 Å². The first-order valence-corrected chi connectivity index (χ1v) is 35.0. The number of fused-ring (bicyclic) bond motifs is 4. The fraction of sp³-hybridized carbons (Fsp3) is 0.521. The monoisotopic (exact) mass is 1410 g/mol. The number of alkyl carbamates (subject to hydrolysis) is 1. The summed E-state index contributed by atoms with van der Waals surface area (Å²) in [6, 6.07) is 20.6. The van der Waals surface area contributed by atoms with Gasteiger partial charge in [0.05, 0.1) is 58.1 Å². The Hall–Kier alpha value is -8.96. The van der Waals surface area contributed by atoms with E-state index in [9.17, 15) is 54.3 Å². The van der Waals surface area contributed by atoms with Crippen LogP contribution in [0.2, 0.25) is 0 Å². The molecule has 1 spiro atoms. The van der Waals surface area contributed by atoms with Crippen LogP contribution in [-0.2, 0) is 52.4 Å².